The highest BCUT2D eigenvalue weighted by Crippen LogP contribution is 2.19. The summed E-state index contributed by atoms with van der Waals surface area (Å²) in [5.41, 5.74) is 0.910. The minimum Gasteiger partial charge on any atom is -0.287 e. The van der Waals surface area contributed by atoms with Gasteiger partial charge in [0.2, 0.25) is 0 Å². The molecule has 1 aromatic carbocycles. The zero-order valence-corrected chi connectivity index (χ0v) is 13.1. The highest BCUT2D eigenvalue weighted by molar-refractivity contribution is 7.99. The zero-order chi connectivity index (χ0) is 14.4. The van der Waals surface area contributed by atoms with Crippen molar-refractivity contribution in [2.75, 3.05) is 5.75 Å². The summed E-state index contributed by atoms with van der Waals surface area (Å²) in [4.78, 5) is 17.3. The first-order chi connectivity index (χ1) is 9.77. The lowest BCUT2D eigenvalue weighted by atomic mass is 10.2. The van der Waals surface area contributed by atoms with Crippen molar-refractivity contribution >= 4 is 22.7 Å². The third-order valence-corrected chi connectivity index (χ3v) is 4.35. The number of fused-ring (bicyclic) bond motifs is 1. The van der Waals surface area contributed by atoms with E-state index in [0.717, 1.165) is 47.6 Å². The number of benzene rings is 1. The lowest BCUT2D eigenvalue weighted by Gasteiger charge is -2.12. The number of hydrogen-bond acceptors (Lipinski definition) is 3. The van der Waals surface area contributed by atoms with Crippen LogP contribution < -0.4 is 5.56 Å². The fourth-order valence-corrected chi connectivity index (χ4v) is 3.19. The van der Waals surface area contributed by atoms with Gasteiger partial charge in [0.15, 0.2) is 5.16 Å². The largest absolute Gasteiger partial charge is 0.287 e. The summed E-state index contributed by atoms with van der Waals surface area (Å²) in [5.74, 6) is 1.02. The number of unbranched alkanes of at least 4 members (excludes halogenated alkanes) is 2. The molecule has 0 atom stereocenters. The normalized spacial score (nSPS) is 11.1. The minimum atomic E-state index is 0.100. The number of nitrogens with zero attached hydrogens (tertiary/aromatic N) is 2. The maximum Gasteiger partial charge on any atom is 0.262 e. The van der Waals surface area contributed by atoms with Crippen molar-refractivity contribution in [3.63, 3.8) is 0 Å². The van der Waals surface area contributed by atoms with Gasteiger partial charge in [0.05, 0.1) is 10.9 Å². The molecule has 0 unspecified atom stereocenters. The molecule has 0 fully saturated rings. The van der Waals surface area contributed by atoms with E-state index in [1.807, 2.05) is 28.8 Å². The van der Waals surface area contributed by atoms with Gasteiger partial charge in [-0.05, 0) is 25.0 Å². The lowest BCUT2D eigenvalue weighted by Crippen LogP contribution is -2.23. The van der Waals surface area contributed by atoms with Crippen LogP contribution in [0.1, 0.15) is 39.5 Å². The van der Waals surface area contributed by atoms with Gasteiger partial charge in [-0.1, -0.05) is 50.6 Å². The molecule has 2 aromatic rings. The molecule has 108 valence electrons. The smallest absolute Gasteiger partial charge is 0.262 e. The van der Waals surface area contributed by atoms with Crippen LogP contribution in [-0.2, 0) is 6.54 Å². The summed E-state index contributed by atoms with van der Waals surface area (Å²) < 4.78 is 1.85. The predicted octanol–water partition coefficient (Wildman–Crippen LogP) is 4.09. The second-order valence-corrected chi connectivity index (χ2v) is 5.99. The van der Waals surface area contributed by atoms with Crippen LogP contribution in [0.3, 0.4) is 0 Å². The lowest BCUT2D eigenvalue weighted by molar-refractivity contribution is 0.557. The molecule has 1 aromatic heterocycles. The Morgan fingerprint density at radius 1 is 1.15 bits per heavy atom. The van der Waals surface area contributed by atoms with Crippen molar-refractivity contribution in [1.29, 1.82) is 0 Å². The first-order valence-electron chi connectivity index (χ1n) is 7.40. The molecule has 0 aliphatic rings. The molecule has 0 radical (unpaired) electrons. The SMILES string of the molecule is CCCCSc1nc2ccccc2c(=O)n1CCCC. The van der Waals surface area contributed by atoms with Gasteiger partial charge in [-0.3, -0.25) is 9.36 Å². The Kier molecular flexibility index (Phi) is 5.65. The Hall–Kier alpha value is -1.29. The second-order valence-electron chi connectivity index (χ2n) is 4.92. The van der Waals surface area contributed by atoms with Gasteiger partial charge in [0, 0.05) is 12.3 Å². The van der Waals surface area contributed by atoms with E-state index >= 15 is 0 Å². The summed E-state index contributed by atoms with van der Waals surface area (Å²) in [5, 5.41) is 1.60. The zero-order valence-electron chi connectivity index (χ0n) is 12.3. The van der Waals surface area contributed by atoms with Crippen molar-refractivity contribution in [3.8, 4) is 0 Å². The summed E-state index contributed by atoms with van der Waals surface area (Å²) in [7, 11) is 0. The average Bonchev–Trinajstić information content (AvgIpc) is 2.47. The Bertz CT molecular complexity index is 621. The molecule has 0 saturated carbocycles. The monoisotopic (exact) mass is 290 g/mol. The standard InChI is InChI=1S/C16H22N2OS/c1-3-5-11-18-15(19)13-9-7-8-10-14(13)17-16(18)20-12-6-4-2/h7-10H,3-6,11-12H2,1-2H3. The van der Waals surface area contributed by atoms with Crippen molar-refractivity contribution in [1.82, 2.24) is 9.55 Å². The van der Waals surface area contributed by atoms with E-state index in [1.54, 1.807) is 11.8 Å². The van der Waals surface area contributed by atoms with Gasteiger partial charge in [0.1, 0.15) is 0 Å². The van der Waals surface area contributed by atoms with E-state index in [2.05, 4.69) is 18.8 Å². The van der Waals surface area contributed by atoms with Crippen LogP contribution in [0.5, 0.6) is 0 Å². The molecular weight excluding hydrogens is 268 g/mol. The molecule has 0 aliphatic heterocycles. The molecule has 20 heavy (non-hydrogen) atoms. The van der Waals surface area contributed by atoms with Crippen molar-refractivity contribution < 1.29 is 0 Å². The molecule has 2 rings (SSSR count). The van der Waals surface area contributed by atoms with Gasteiger partial charge >= 0.3 is 0 Å². The topological polar surface area (TPSA) is 34.9 Å². The van der Waals surface area contributed by atoms with Crippen LogP contribution in [0.15, 0.2) is 34.2 Å². The van der Waals surface area contributed by atoms with Gasteiger partial charge in [-0.25, -0.2) is 4.98 Å². The van der Waals surface area contributed by atoms with E-state index in [0.29, 0.717) is 0 Å². The summed E-state index contributed by atoms with van der Waals surface area (Å²) >= 11 is 1.70. The number of hydrogen-bond donors (Lipinski definition) is 0. The first kappa shape index (κ1) is 15.1. The van der Waals surface area contributed by atoms with E-state index in [4.69, 9.17) is 0 Å². The van der Waals surface area contributed by atoms with Gasteiger partial charge < -0.3 is 0 Å². The van der Waals surface area contributed by atoms with Crippen LogP contribution in [-0.4, -0.2) is 15.3 Å². The molecule has 0 aliphatic carbocycles. The number of thioether (sulfide) groups is 1. The first-order valence-corrected chi connectivity index (χ1v) is 8.38. The quantitative estimate of drug-likeness (QED) is 0.437. The molecule has 1 heterocycles. The minimum absolute atomic E-state index is 0.100. The molecule has 0 N–H and O–H groups in total. The molecule has 3 nitrogen and oxygen atoms in total. The fraction of sp³-hybridized carbons (Fsp3) is 0.500. The highest BCUT2D eigenvalue weighted by Gasteiger charge is 2.10. The average molecular weight is 290 g/mol. The predicted molar refractivity (Wildman–Crippen MR) is 86.5 cm³/mol. The van der Waals surface area contributed by atoms with Crippen LogP contribution in [0.25, 0.3) is 10.9 Å². The molecular formula is C16H22N2OS. The van der Waals surface area contributed by atoms with Gasteiger partial charge in [-0.15, -0.1) is 0 Å². The van der Waals surface area contributed by atoms with E-state index < -0.39 is 0 Å². The number of rotatable bonds is 7. The van der Waals surface area contributed by atoms with Crippen LogP contribution >= 0.6 is 11.8 Å². The molecule has 4 heteroatoms. The van der Waals surface area contributed by atoms with E-state index in [9.17, 15) is 4.79 Å². The summed E-state index contributed by atoms with van der Waals surface area (Å²) in [6, 6.07) is 7.63. The Balaban J connectivity index is 2.43. The maximum atomic E-state index is 12.6. The summed E-state index contributed by atoms with van der Waals surface area (Å²) in [6.45, 7) is 5.09. The third-order valence-electron chi connectivity index (χ3n) is 3.29. The second kappa shape index (κ2) is 7.48. The van der Waals surface area contributed by atoms with Crippen LogP contribution in [0.2, 0.25) is 0 Å². The van der Waals surface area contributed by atoms with Crippen molar-refractivity contribution in [2.45, 2.75) is 51.2 Å². The number of para-hydroxylation sites is 1. The van der Waals surface area contributed by atoms with Crippen molar-refractivity contribution in [2.24, 2.45) is 0 Å². The molecule has 0 spiro atoms. The Labute approximate surface area is 124 Å². The third kappa shape index (κ3) is 3.42. The highest BCUT2D eigenvalue weighted by atomic mass is 32.2. The Morgan fingerprint density at radius 2 is 1.90 bits per heavy atom. The fourth-order valence-electron chi connectivity index (χ4n) is 2.08. The van der Waals surface area contributed by atoms with Crippen LogP contribution in [0.4, 0.5) is 0 Å². The van der Waals surface area contributed by atoms with Crippen LogP contribution in [0, 0.1) is 0 Å². The molecule has 0 saturated heterocycles. The maximum absolute atomic E-state index is 12.6. The summed E-state index contributed by atoms with van der Waals surface area (Å²) in [6.07, 6.45) is 4.42. The van der Waals surface area contributed by atoms with E-state index in [1.165, 1.54) is 6.42 Å². The number of aromatic nitrogens is 2. The molecule has 0 amide bonds. The van der Waals surface area contributed by atoms with Gasteiger partial charge in [-0.2, -0.15) is 0 Å². The Morgan fingerprint density at radius 3 is 2.65 bits per heavy atom. The van der Waals surface area contributed by atoms with E-state index in [-0.39, 0.29) is 5.56 Å². The van der Waals surface area contributed by atoms with Crippen molar-refractivity contribution in [3.05, 3.63) is 34.6 Å². The van der Waals surface area contributed by atoms with Gasteiger partial charge in [0.25, 0.3) is 5.56 Å². The molecule has 0 bridgehead atoms.